The molecule has 0 heterocycles. The van der Waals surface area contributed by atoms with Gasteiger partial charge >= 0.3 is 6.03 Å². The molecule has 1 aliphatic carbocycles. The molecule has 3 amide bonds. The third-order valence-electron chi connectivity index (χ3n) is 3.23. The van der Waals surface area contributed by atoms with Crippen molar-refractivity contribution < 1.29 is 9.59 Å². The number of nitrogens with two attached hydrogens (primary N) is 2. The fraction of sp³-hybridized carbons (Fsp3) is 0.818. The van der Waals surface area contributed by atoms with Crippen LogP contribution in [0.2, 0.25) is 0 Å². The topological polar surface area (TPSA) is 110 Å². The number of hydrogen-bond acceptors (Lipinski definition) is 3. The van der Waals surface area contributed by atoms with Crippen molar-refractivity contribution in [2.45, 2.75) is 32.2 Å². The molecule has 6 N–H and O–H groups in total. The number of urea groups is 1. The van der Waals surface area contributed by atoms with Crippen molar-refractivity contribution in [1.82, 2.24) is 10.6 Å². The molecule has 0 bridgehead atoms. The molecule has 3 unspecified atom stereocenters. The van der Waals surface area contributed by atoms with Gasteiger partial charge in [-0.2, -0.15) is 0 Å². The van der Waals surface area contributed by atoms with Gasteiger partial charge in [0, 0.05) is 19.1 Å². The molecule has 1 rings (SSSR count). The third-order valence-corrected chi connectivity index (χ3v) is 3.23. The lowest BCUT2D eigenvalue weighted by Gasteiger charge is -2.31. The average molecular weight is 242 g/mol. The Morgan fingerprint density at radius 3 is 2.53 bits per heavy atom. The van der Waals surface area contributed by atoms with Gasteiger partial charge in [0.1, 0.15) is 0 Å². The lowest BCUT2D eigenvalue weighted by atomic mass is 9.79. The highest BCUT2D eigenvalue weighted by Gasteiger charge is 2.31. The summed E-state index contributed by atoms with van der Waals surface area (Å²) in [4.78, 5) is 22.3. The second kappa shape index (κ2) is 6.44. The molecule has 0 radical (unpaired) electrons. The van der Waals surface area contributed by atoms with E-state index in [-0.39, 0.29) is 17.9 Å². The molecule has 0 aliphatic heterocycles. The molecule has 0 aromatic carbocycles. The molecule has 0 spiro atoms. The molecular weight excluding hydrogens is 220 g/mol. The fourth-order valence-corrected chi connectivity index (χ4v) is 2.21. The zero-order valence-corrected chi connectivity index (χ0v) is 10.2. The van der Waals surface area contributed by atoms with Crippen molar-refractivity contribution in [2.24, 2.45) is 23.3 Å². The molecule has 0 aromatic heterocycles. The minimum absolute atomic E-state index is 0.0182. The van der Waals surface area contributed by atoms with Crippen LogP contribution in [0, 0.1) is 11.8 Å². The molecular formula is C11H22N4O2. The lowest BCUT2D eigenvalue weighted by Crippen LogP contribution is -2.47. The predicted octanol–water partition coefficient (Wildman–Crippen LogP) is -0.466. The molecule has 1 aliphatic rings. The molecule has 0 saturated heterocycles. The lowest BCUT2D eigenvalue weighted by molar-refractivity contribution is -0.126. The molecule has 6 nitrogen and oxygen atoms in total. The van der Waals surface area contributed by atoms with Crippen LogP contribution in [0.5, 0.6) is 0 Å². The smallest absolute Gasteiger partial charge is 0.312 e. The number of amides is 3. The molecule has 0 aromatic rings. The van der Waals surface area contributed by atoms with Gasteiger partial charge in [-0.05, 0) is 25.2 Å². The largest absolute Gasteiger partial charge is 0.354 e. The Kier molecular flexibility index (Phi) is 5.21. The zero-order valence-electron chi connectivity index (χ0n) is 10.2. The summed E-state index contributed by atoms with van der Waals surface area (Å²) in [6, 6.07) is -0.627. The van der Waals surface area contributed by atoms with Crippen LogP contribution >= 0.6 is 0 Å². The number of carbonyl (C=O) groups is 2. The van der Waals surface area contributed by atoms with E-state index in [1.807, 2.05) is 0 Å². The molecule has 98 valence electrons. The first-order valence-corrected chi connectivity index (χ1v) is 6.07. The van der Waals surface area contributed by atoms with Crippen LogP contribution in [0.25, 0.3) is 0 Å². The Labute approximate surface area is 101 Å². The number of primary amides is 1. The number of hydrogen-bond donors (Lipinski definition) is 4. The van der Waals surface area contributed by atoms with Crippen LogP contribution in [0.15, 0.2) is 0 Å². The van der Waals surface area contributed by atoms with Gasteiger partial charge in [0.15, 0.2) is 0 Å². The summed E-state index contributed by atoms with van der Waals surface area (Å²) >= 11 is 0. The second-order valence-electron chi connectivity index (χ2n) is 4.77. The SMILES string of the molecule is CC1CCC(N)C(C(=O)NCCNC(N)=O)C1. The minimum Gasteiger partial charge on any atom is -0.354 e. The molecule has 3 atom stereocenters. The molecule has 17 heavy (non-hydrogen) atoms. The summed E-state index contributed by atoms with van der Waals surface area (Å²) < 4.78 is 0. The van der Waals surface area contributed by atoms with E-state index in [0.717, 1.165) is 19.3 Å². The van der Waals surface area contributed by atoms with E-state index >= 15 is 0 Å². The number of rotatable bonds is 4. The first kappa shape index (κ1) is 13.8. The number of carbonyl (C=O) groups excluding carboxylic acids is 2. The highest BCUT2D eigenvalue weighted by atomic mass is 16.2. The van der Waals surface area contributed by atoms with Gasteiger partial charge in [-0.15, -0.1) is 0 Å². The summed E-state index contributed by atoms with van der Waals surface area (Å²) in [5, 5.41) is 5.19. The summed E-state index contributed by atoms with van der Waals surface area (Å²) in [6.45, 7) is 2.87. The maximum atomic E-state index is 11.9. The highest BCUT2D eigenvalue weighted by Crippen LogP contribution is 2.27. The van der Waals surface area contributed by atoms with Gasteiger partial charge in [-0.1, -0.05) is 6.92 Å². The standard InChI is InChI=1S/C11H22N4O2/c1-7-2-3-9(12)8(6-7)10(16)14-4-5-15-11(13)17/h7-9H,2-6,12H2,1H3,(H,14,16)(H3,13,15,17). The van der Waals surface area contributed by atoms with Crippen molar-refractivity contribution in [2.75, 3.05) is 13.1 Å². The Morgan fingerprint density at radius 1 is 1.24 bits per heavy atom. The Balaban J connectivity index is 2.28. The Morgan fingerprint density at radius 2 is 1.88 bits per heavy atom. The van der Waals surface area contributed by atoms with E-state index < -0.39 is 6.03 Å². The van der Waals surface area contributed by atoms with Gasteiger partial charge < -0.3 is 22.1 Å². The van der Waals surface area contributed by atoms with Crippen molar-refractivity contribution in [3.8, 4) is 0 Å². The third kappa shape index (κ3) is 4.60. The fourth-order valence-electron chi connectivity index (χ4n) is 2.21. The Bertz CT molecular complexity index is 283. The molecule has 1 saturated carbocycles. The van der Waals surface area contributed by atoms with E-state index in [1.165, 1.54) is 0 Å². The first-order chi connectivity index (χ1) is 8.00. The Hall–Kier alpha value is -1.30. The van der Waals surface area contributed by atoms with Gasteiger partial charge in [0.25, 0.3) is 0 Å². The maximum Gasteiger partial charge on any atom is 0.312 e. The van der Waals surface area contributed by atoms with Gasteiger partial charge in [-0.25, -0.2) is 4.79 Å². The predicted molar refractivity (Wildman–Crippen MR) is 65.1 cm³/mol. The van der Waals surface area contributed by atoms with Crippen LogP contribution in [0.3, 0.4) is 0 Å². The van der Waals surface area contributed by atoms with E-state index in [9.17, 15) is 9.59 Å². The minimum atomic E-state index is -0.581. The second-order valence-corrected chi connectivity index (χ2v) is 4.77. The summed E-state index contributed by atoms with van der Waals surface area (Å²) in [7, 11) is 0. The molecule has 1 fully saturated rings. The number of nitrogens with one attached hydrogen (secondary N) is 2. The normalized spacial score (nSPS) is 28.5. The van der Waals surface area contributed by atoms with Crippen LogP contribution in [-0.2, 0) is 4.79 Å². The van der Waals surface area contributed by atoms with Crippen molar-refractivity contribution in [1.29, 1.82) is 0 Å². The maximum absolute atomic E-state index is 11.9. The van der Waals surface area contributed by atoms with Crippen LogP contribution in [0.1, 0.15) is 26.2 Å². The summed E-state index contributed by atoms with van der Waals surface area (Å²) in [5.41, 5.74) is 10.9. The van der Waals surface area contributed by atoms with E-state index in [4.69, 9.17) is 11.5 Å². The van der Waals surface area contributed by atoms with E-state index in [1.54, 1.807) is 0 Å². The highest BCUT2D eigenvalue weighted by molar-refractivity contribution is 5.79. The van der Waals surface area contributed by atoms with E-state index in [0.29, 0.717) is 19.0 Å². The monoisotopic (exact) mass is 242 g/mol. The van der Waals surface area contributed by atoms with Gasteiger partial charge in [0.05, 0.1) is 5.92 Å². The van der Waals surface area contributed by atoms with Crippen molar-refractivity contribution in [3.05, 3.63) is 0 Å². The van der Waals surface area contributed by atoms with Gasteiger partial charge in [0.2, 0.25) is 5.91 Å². The van der Waals surface area contributed by atoms with Crippen LogP contribution in [0.4, 0.5) is 4.79 Å². The van der Waals surface area contributed by atoms with Crippen LogP contribution in [-0.4, -0.2) is 31.1 Å². The zero-order chi connectivity index (χ0) is 12.8. The summed E-state index contributed by atoms with van der Waals surface area (Å²) in [5.74, 6) is 0.428. The van der Waals surface area contributed by atoms with Gasteiger partial charge in [-0.3, -0.25) is 4.79 Å². The quantitative estimate of drug-likeness (QED) is 0.500. The van der Waals surface area contributed by atoms with E-state index in [2.05, 4.69) is 17.6 Å². The first-order valence-electron chi connectivity index (χ1n) is 6.07. The van der Waals surface area contributed by atoms with Crippen molar-refractivity contribution in [3.63, 3.8) is 0 Å². The van der Waals surface area contributed by atoms with Crippen LogP contribution < -0.4 is 22.1 Å². The average Bonchev–Trinajstić information content (AvgIpc) is 2.27. The molecule has 6 heteroatoms. The van der Waals surface area contributed by atoms with Crippen molar-refractivity contribution >= 4 is 11.9 Å². The summed E-state index contributed by atoms with van der Waals surface area (Å²) in [6.07, 6.45) is 2.84.